The van der Waals surface area contributed by atoms with Crippen molar-refractivity contribution in [2.45, 2.75) is 43.0 Å². The quantitative estimate of drug-likeness (QED) is 0.400. The van der Waals surface area contributed by atoms with Crippen LogP contribution in [0.1, 0.15) is 31.2 Å². The third-order valence-electron chi connectivity index (χ3n) is 6.47. The fraction of sp³-hybridized carbons (Fsp3) is 0.455. The van der Waals surface area contributed by atoms with Crippen LogP contribution in [0.2, 0.25) is 0 Å². The number of aromatic nitrogens is 3. The largest absolute Gasteiger partial charge is 0.356 e. The summed E-state index contributed by atoms with van der Waals surface area (Å²) in [5, 5.41) is 6.08. The van der Waals surface area contributed by atoms with Gasteiger partial charge in [-0.3, -0.25) is 0 Å². The molecule has 12 heteroatoms. The van der Waals surface area contributed by atoms with Crippen molar-refractivity contribution in [3.8, 4) is 0 Å². The summed E-state index contributed by atoms with van der Waals surface area (Å²) in [7, 11) is -5.10. The van der Waals surface area contributed by atoms with Gasteiger partial charge in [0.1, 0.15) is 17.8 Å². The number of sulfonamides is 2. The average Bonchev–Trinajstić information content (AvgIpc) is 3.27. The van der Waals surface area contributed by atoms with Crippen molar-refractivity contribution in [2.24, 2.45) is 11.1 Å². The van der Waals surface area contributed by atoms with Crippen molar-refractivity contribution in [3.05, 3.63) is 48.4 Å². The lowest BCUT2D eigenvalue weighted by Crippen LogP contribution is -2.38. The number of fused-ring (bicyclic) bond motifs is 1. The molecule has 0 saturated heterocycles. The lowest BCUT2D eigenvalue weighted by atomic mass is 9.86. The second-order valence-corrected chi connectivity index (χ2v) is 12.3. The van der Waals surface area contributed by atoms with Gasteiger partial charge in [0.2, 0.25) is 20.0 Å². The van der Waals surface area contributed by atoms with Crippen LogP contribution in [-0.2, 0) is 26.5 Å². The molecular formula is C22H30N6O4S2. The molecule has 4 rings (SSSR count). The zero-order valence-electron chi connectivity index (χ0n) is 19.0. The topological polar surface area (TPSA) is 151 Å². The number of benzene rings is 1. The molecule has 3 aromatic rings. The Morgan fingerprint density at radius 2 is 1.76 bits per heavy atom. The summed E-state index contributed by atoms with van der Waals surface area (Å²) < 4.78 is 50.5. The first kappa shape index (κ1) is 24.6. The summed E-state index contributed by atoms with van der Waals surface area (Å²) in [6, 6.07) is 8.42. The zero-order valence-corrected chi connectivity index (χ0v) is 20.6. The fourth-order valence-corrected chi connectivity index (χ4v) is 6.58. The molecule has 184 valence electrons. The van der Waals surface area contributed by atoms with Gasteiger partial charge < -0.3 is 9.88 Å². The first-order valence-electron chi connectivity index (χ1n) is 11.2. The molecule has 0 bridgehead atoms. The van der Waals surface area contributed by atoms with Gasteiger partial charge in [-0.05, 0) is 61.8 Å². The molecule has 1 aliphatic carbocycles. The Morgan fingerprint density at radius 3 is 2.44 bits per heavy atom. The maximum atomic E-state index is 12.6. The summed E-state index contributed by atoms with van der Waals surface area (Å²) in [5.74, 6) is 1.12. The Morgan fingerprint density at radius 1 is 1.06 bits per heavy atom. The van der Waals surface area contributed by atoms with Gasteiger partial charge in [0.05, 0.1) is 16.0 Å². The molecule has 0 spiro atoms. The molecular weight excluding hydrogens is 476 g/mol. The van der Waals surface area contributed by atoms with E-state index in [4.69, 9.17) is 5.14 Å². The number of nitrogens with two attached hydrogens (primary N) is 1. The maximum Gasteiger partial charge on any atom is 0.238 e. The van der Waals surface area contributed by atoms with Gasteiger partial charge in [-0.15, -0.1) is 0 Å². The molecule has 1 fully saturated rings. The van der Waals surface area contributed by atoms with Crippen LogP contribution in [0.25, 0.3) is 11.0 Å². The van der Waals surface area contributed by atoms with Crippen molar-refractivity contribution >= 4 is 36.9 Å². The first-order valence-corrected chi connectivity index (χ1v) is 14.4. The zero-order chi connectivity index (χ0) is 24.3. The highest BCUT2D eigenvalue weighted by atomic mass is 32.2. The fourth-order valence-electron chi connectivity index (χ4n) is 4.58. The molecule has 0 radical (unpaired) electrons. The number of aromatic amines is 1. The minimum absolute atomic E-state index is 0.0373. The molecule has 1 aliphatic rings. The summed E-state index contributed by atoms with van der Waals surface area (Å²) in [5.41, 5.74) is 1.64. The molecule has 0 aliphatic heterocycles. The number of rotatable bonds is 9. The van der Waals surface area contributed by atoms with E-state index in [1.807, 2.05) is 19.3 Å². The Labute approximate surface area is 200 Å². The second-order valence-electron chi connectivity index (χ2n) is 8.84. The number of nitrogens with one attached hydrogen (secondary N) is 2. The minimum atomic E-state index is -3.73. The van der Waals surface area contributed by atoms with Gasteiger partial charge in [0.25, 0.3) is 0 Å². The second kappa shape index (κ2) is 9.98. The van der Waals surface area contributed by atoms with E-state index in [0.717, 1.165) is 48.1 Å². The van der Waals surface area contributed by atoms with Gasteiger partial charge in [-0.2, -0.15) is 0 Å². The monoisotopic (exact) mass is 506 g/mol. The Kier molecular flexibility index (Phi) is 7.22. The molecule has 1 saturated carbocycles. The van der Waals surface area contributed by atoms with Crippen molar-refractivity contribution in [1.82, 2.24) is 19.7 Å². The van der Waals surface area contributed by atoms with E-state index >= 15 is 0 Å². The van der Waals surface area contributed by atoms with E-state index in [0.29, 0.717) is 12.5 Å². The van der Waals surface area contributed by atoms with Crippen LogP contribution < -0.4 is 14.8 Å². The molecule has 4 N–H and O–H groups in total. The Bertz CT molecular complexity index is 1330. The van der Waals surface area contributed by atoms with E-state index in [9.17, 15) is 16.8 Å². The number of nitrogens with zero attached hydrogens (tertiary/aromatic N) is 3. The average molecular weight is 507 g/mol. The summed E-state index contributed by atoms with van der Waals surface area (Å²) in [4.78, 5) is 14.0. The van der Waals surface area contributed by atoms with Gasteiger partial charge in [0, 0.05) is 25.8 Å². The smallest absolute Gasteiger partial charge is 0.238 e. The summed E-state index contributed by atoms with van der Waals surface area (Å²) in [6.07, 6.45) is 7.37. The van der Waals surface area contributed by atoms with Crippen LogP contribution in [-0.4, -0.2) is 57.2 Å². The number of hydrogen-bond donors (Lipinski definition) is 3. The highest BCUT2D eigenvalue weighted by molar-refractivity contribution is 7.89. The predicted molar refractivity (Wildman–Crippen MR) is 131 cm³/mol. The molecule has 0 amide bonds. The van der Waals surface area contributed by atoms with Crippen molar-refractivity contribution in [3.63, 3.8) is 0 Å². The molecule has 2 aromatic heterocycles. The van der Waals surface area contributed by atoms with Crippen LogP contribution in [0.4, 0.5) is 5.82 Å². The third kappa shape index (κ3) is 5.93. The van der Waals surface area contributed by atoms with Gasteiger partial charge >= 0.3 is 0 Å². The molecule has 1 aromatic carbocycles. The van der Waals surface area contributed by atoms with Crippen LogP contribution in [0.15, 0.2) is 47.8 Å². The highest BCUT2D eigenvalue weighted by Gasteiger charge is 2.28. The van der Waals surface area contributed by atoms with Gasteiger partial charge in [-0.25, -0.2) is 36.7 Å². The van der Waals surface area contributed by atoms with E-state index in [1.54, 1.807) is 18.5 Å². The molecule has 0 unspecified atom stereocenters. The molecule has 34 heavy (non-hydrogen) atoms. The third-order valence-corrected chi connectivity index (χ3v) is 8.96. The van der Waals surface area contributed by atoms with Crippen LogP contribution >= 0.6 is 0 Å². The first-order chi connectivity index (χ1) is 16.1. The van der Waals surface area contributed by atoms with Gasteiger partial charge in [-0.1, -0.05) is 12.1 Å². The SMILES string of the molecule is CN(c1ncnc2[nH]ccc12)[C@H]1CC[C@H](CS(=O)(=O)NCCc2ccc(S(N)(=O)=O)cc2)CC1. The standard InChI is InChI=1S/C22H30N6O4S2/c1-28(22-20-11-12-24-21(20)25-15-26-22)18-6-2-17(3-7-18)14-33(29,30)27-13-10-16-4-8-19(9-5-16)34(23,31)32/h4-5,8-9,11-12,15,17-18,27H,2-3,6-7,10,13-14H2,1H3,(H2,23,31,32)(H,24,25,26)/t17-,18-. The maximum absolute atomic E-state index is 12.6. The normalized spacial score (nSPS) is 19.4. The summed E-state index contributed by atoms with van der Waals surface area (Å²) >= 11 is 0. The Hall–Kier alpha value is -2.54. The van der Waals surface area contributed by atoms with E-state index < -0.39 is 20.0 Å². The number of anilines is 1. The number of H-pyrrole nitrogens is 1. The molecule has 0 atom stereocenters. The predicted octanol–water partition coefficient (Wildman–Crippen LogP) is 1.76. The van der Waals surface area contributed by atoms with E-state index in [1.165, 1.54) is 12.1 Å². The molecule has 10 nitrogen and oxygen atoms in total. The Balaban J connectivity index is 1.25. The van der Waals surface area contributed by atoms with Crippen molar-refractivity contribution in [2.75, 3.05) is 24.2 Å². The van der Waals surface area contributed by atoms with Crippen molar-refractivity contribution < 1.29 is 16.8 Å². The number of primary sulfonamides is 1. The van der Waals surface area contributed by atoms with Crippen LogP contribution in [0.5, 0.6) is 0 Å². The summed E-state index contributed by atoms with van der Waals surface area (Å²) in [6.45, 7) is 0.259. The van der Waals surface area contributed by atoms with Gasteiger partial charge in [0.15, 0.2) is 0 Å². The van der Waals surface area contributed by atoms with Crippen molar-refractivity contribution in [1.29, 1.82) is 0 Å². The van der Waals surface area contributed by atoms with E-state index in [-0.39, 0.29) is 23.1 Å². The lowest BCUT2D eigenvalue weighted by molar-refractivity contribution is 0.340. The van der Waals surface area contributed by atoms with Crippen LogP contribution in [0.3, 0.4) is 0 Å². The van der Waals surface area contributed by atoms with Crippen LogP contribution in [0, 0.1) is 5.92 Å². The molecule has 2 heterocycles. The number of hydrogen-bond acceptors (Lipinski definition) is 7. The minimum Gasteiger partial charge on any atom is -0.356 e. The lowest BCUT2D eigenvalue weighted by Gasteiger charge is -2.35. The van der Waals surface area contributed by atoms with E-state index in [2.05, 4.69) is 24.6 Å². The highest BCUT2D eigenvalue weighted by Crippen LogP contribution is 2.32.